The van der Waals surface area contributed by atoms with Crippen molar-refractivity contribution in [2.45, 2.75) is 0 Å². The first kappa shape index (κ1) is 11.5. The largest absolute Gasteiger partial charge is 0.393 e. The number of hydrogen-bond donors (Lipinski definition) is 2. The summed E-state index contributed by atoms with van der Waals surface area (Å²) in [7, 11) is 0. The molecule has 0 saturated carbocycles. The number of aromatic amines is 1. The van der Waals surface area contributed by atoms with Crippen molar-refractivity contribution in [1.29, 1.82) is 5.26 Å². The average molecular weight is 369 g/mol. The number of anilines is 2. The van der Waals surface area contributed by atoms with Crippen LogP contribution in [0.15, 0.2) is 30.3 Å². The van der Waals surface area contributed by atoms with Gasteiger partial charge in [-0.05, 0) is 18.3 Å². The minimum absolute atomic E-state index is 0. The van der Waals surface area contributed by atoms with E-state index in [1.807, 2.05) is 36.4 Å². The van der Waals surface area contributed by atoms with Gasteiger partial charge in [0, 0.05) is 31.9 Å². The van der Waals surface area contributed by atoms with E-state index in [9.17, 15) is 0 Å². The SMILES string of the molecule is N#Cc1[c-]n[nH]c1Nc1ccccc1.[Re]. The van der Waals surface area contributed by atoms with E-state index in [-0.39, 0.29) is 20.4 Å². The molecule has 0 aliphatic carbocycles. The molecule has 0 aliphatic heterocycles. The van der Waals surface area contributed by atoms with Crippen LogP contribution in [0.25, 0.3) is 0 Å². The number of nitriles is 1. The molecule has 0 bridgehead atoms. The molecule has 4 nitrogen and oxygen atoms in total. The molecule has 2 N–H and O–H groups in total. The molecule has 0 amide bonds. The number of H-pyrrole nitrogens is 1. The van der Waals surface area contributed by atoms with Crippen LogP contribution >= 0.6 is 0 Å². The topological polar surface area (TPSA) is 64.5 Å². The van der Waals surface area contributed by atoms with Crippen LogP contribution in [0.3, 0.4) is 0 Å². The molecule has 2 rings (SSSR count). The van der Waals surface area contributed by atoms with Crippen molar-refractivity contribution in [2.75, 3.05) is 5.32 Å². The van der Waals surface area contributed by atoms with Crippen molar-refractivity contribution < 1.29 is 20.4 Å². The van der Waals surface area contributed by atoms with Gasteiger partial charge in [-0.25, -0.2) is 0 Å². The van der Waals surface area contributed by atoms with Crippen molar-refractivity contribution >= 4 is 11.5 Å². The zero-order valence-corrected chi connectivity index (χ0v) is 10.4. The first-order valence-corrected chi connectivity index (χ1v) is 4.08. The minimum Gasteiger partial charge on any atom is -0.393 e. The quantitative estimate of drug-likeness (QED) is 0.794. The number of nitrogens with zero attached hydrogens (tertiary/aromatic N) is 2. The number of hydrogen-bond acceptors (Lipinski definition) is 3. The van der Waals surface area contributed by atoms with Crippen LogP contribution in [0.5, 0.6) is 0 Å². The van der Waals surface area contributed by atoms with E-state index >= 15 is 0 Å². The molecule has 75 valence electrons. The van der Waals surface area contributed by atoms with Crippen LogP contribution in [-0.2, 0) is 20.4 Å². The summed E-state index contributed by atoms with van der Waals surface area (Å²) in [5.74, 6) is 0.568. The Kier molecular flexibility index (Phi) is 4.06. The second-order valence-corrected chi connectivity index (χ2v) is 2.69. The summed E-state index contributed by atoms with van der Waals surface area (Å²) in [6.45, 7) is 0. The van der Waals surface area contributed by atoms with Gasteiger partial charge in [0.15, 0.2) is 0 Å². The number of nitrogens with one attached hydrogen (secondary N) is 2. The molecule has 0 spiro atoms. The standard InChI is InChI=1S/C10H7N4.Re/c11-6-8-7-12-14-10(8)13-9-4-2-1-3-5-9;/h1-5H,(H2,12,13,14);/q-1;. The number of para-hydroxylation sites is 1. The number of rotatable bonds is 2. The van der Waals surface area contributed by atoms with Gasteiger partial charge in [0.2, 0.25) is 0 Å². The minimum atomic E-state index is 0. The Bertz CT molecular complexity index is 458. The predicted molar refractivity (Wildman–Crippen MR) is 51.9 cm³/mol. The maximum atomic E-state index is 8.70. The third-order valence-electron chi connectivity index (χ3n) is 1.74. The fourth-order valence-corrected chi connectivity index (χ4v) is 1.09. The summed E-state index contributed by atoms with van der Waals surface area (Å²) < 4.78 is 0. The Labute approximate surface area is 101 Å². The van der Waals surface area contributed by atoms with Gasteiger partial charge in [-0.1, -0.05) is 29.8 Å². The zero-order valence-electron chi connectivity index (χ0n) is 7.66. The van der Waals surface area contributed by atoms with Crippen LogP contribution < -0.4 is 5.32 Å². The van der Waals surface area contributed by atoms with E-state index in [1.54, 1.807) is 0 Å². The molecule has 5 heteroatoms. The third kappa shape index (κ3) is 2.66. The molecule has 0 aliphatic rings. The first-order chi connectivity index (χ1) is 6.90. The van der Waals surface area contributed by atoms with Gasteiger partial charge in [0.25, 0.3) is 0 Å². The van der Waals surface area contributed by atoms with Gasteiger partial charge in [-0.15, -0.1) is 0 Å². The number of benzene rings is 1. The van der Waals surface area contributed by atoms with E-state index in [1.165, 1.54) is 0 Å². The summed E-state index contributed by atoms with van der Waals surface area (Å²) in [4.78, 5) is 0. The molecule has 0 atom stereocenters. The maximum absolute atomic E-state index is 8.70. The summed E-state index contributed by atoms with van der Waals surface area (Å²) >= 11 is 0. The fraction of sp³-hybridized carbons (Fsp3) is 0. The maximum Gasteiger partial charge on any atom is 0.0286 e. The van der Waals surface area contributed by atoms with Crippen molar-refractivity contribution in [1.82, 2.24) is 10.2 Å². The van der Waals surface area contributed by atoms with Crippen LogP contribution in [0.1, 0.15) is 5.56 Å². The van der Waals surface area contributed by atoms with Gasteiger partial charge in [0.05, 0.1) is 0 Å². The monoisotopic (exact) mass is 370 g/mol. The Hall–Kier alpha value is -1.62. The normalized spacial score (nSPS) is 8.73. The molecule has 0 fully saturated rings. The first-order valence-electron chi connectivity index (χ1n) is 4.08. The van der Waals surface area contributed by atoms with Gasteiger partial charge in [0.1, 0.15) is 0 Å². The summed E-state index contributed by atoms with van der Waals surface area (Å²) in [5.41, 5.74) is 1.29. The molecule has 0 unspecified atom stereocenters. The van der Waals surface area contributed by atoms with E-state index in [2.05, 4.69) is 21.7 Å². The smallest absolute Gasteiger partial charge is 0.0286 e. The van der Waals surface area contributed by atoms with Crippen LogP contribution in [0.4, 0.5) is 11.5 Å². The van der Waals surface area contributed by atoms with E-state index < -0.39 is 0 Å². The molecular formula is C10H7N4Re-. The van der Waals surface area contributed by atoms with Crippen molar-refractivity contribution in [2.24, 2.45) is 0 Å². The second-order valence-electron chi connectivity index (χ2n) is 2.69. The van der Waals surface area contributed by atoms with Gasteiger partial charge in [-0.2, -0.15) is 0 Å². The number of aromatic nitrogens is 2. The van der Waals surface area contributed by atoms with Gasteiger partial charge in [-0.3, -0.25) is 10.4 Å². The Morgan fingerprint density at radius 1 is 1.33 bits per heavy atom. The van der Waals surface area contributed by atoms with Crippen LogP contribution in [0.2, 0.25) is 0 Å². The van der Waals surface area contributed by atoms with Crippen LogP contribution in [0, 0.1) is 17.5 Å². The van der Waals surface area contributed by atoms with E-state index in [0.717, 1.165) is 5.69 Å². The zero-order chi connectivity index (χ0) is 9.80. The van der Waals surface area contributed by atoms with Gasteiger partial charge < -0.3 is 10.4 Å². The van der Waals surface area contributed by atoms with E-state index in [0.29, 0.717) is 11.4 Å². The average Bonchev–Trinajstić information content (AvgIpc) is 2.67. The van der Waals surface area contributed by atoms with Crippen molar-refractivity contribution in [3.05, 3.63) is 42.1 Å². The summed E-state index contributed by atoms with van der Waals surface area (Å²) in [6.07, 6.45) is 2.55. The fourth-order valence-electron chi connectivity index (χ4n) is 1.09. The third-order valence-corrected chi connectivity index (χ3v) is 1.74. The molecule has 1 radical (unpaired) electrons. The Balaban J connectivity index is 0.00000112. The molecule has 1 aromatic carbocycles. The molecule has 1 aromatic heterocycles. The van der Waals surface area contributed by atoms with Gasteiger partial charge >= 0.3 is 0 Å². The molecule has 1 heterocycles. The van der Waals surface area contributed by atoms with E-state index in [4.69, 9.17) is 5.26 Å². The molecule has 15 heavy (non-hydrogen) atoms. The predicted octanol–water partition coefficient (Wildman–Crippen LogP) is 1.82. The molecule has 0 saturated heterocycles. The van der Waals surface area contributed by atoms with Crippen LogP contribution in [-0.4, -0.2) is 10.2 Å². The second kappa shape index (κ2) is 5.31. The molecule has 2 aromatic rings. The van der Waals surface area contributed by atoms with Crippen molar-refractivity contribution in [3.63, 3.8) is 0 Å². The Morgan fingerprint density at radius 3 is 2.73 bits per heavy atom. The summed E-state index contributed by atoms with van der Waals surface area (Å²) in [5, 5.41) is 18.1. The van der Waals surface area contributed by atoms with Crippen molar-refractivity contribution in [3.8, 4) is 6.07 Å². The molecular weight excluding hydrogens is 362 g/mol. The Morgan fingerprint density at radius 2 is 2.07 bits per heavy atom. The summed E-state index contributed by atoms with van der Waals surface area (Å²) in [6, 6.07) is 11.5.